The minimum absolute atomic E-state index is 0.0876. The first kappa shape index (κ1) is 20.3. The van der Waals surface area contributed by atoms with E-state index in [1.807, 2.05) is 47.8 Å². The number of aromatic nitrogens is 1. The topological polar surface area (TPSA) is 80.3 Å². The van der Waals surface area contributed by atoms with Crippen molar-refractivity contribution in [3.63, 3.8) is 0 Å². The summed E-state index contributed by atoms with van der Waals surface area (Å²) in [7, 11) is 1.59. The van der Waals surface area contributed by atoms with E-state index in [2.05, 4.69) is 15.6 Å². The number of ether oxygens (including phenoxy) is 1. The molecule has 0 saturated carbocycles. The van der Waals surface area contributed by atoms with Crippen molar-refractivity contribution in [2.45, 2.75) is 10.8 Å². The average molecular weight is 416 g/mol. The molecule has 0 radical (unpaired) electrons. The largest absolute Gasteiger partial charge is 0.383 e. The van der Waals surface area contributed by atoms with Gasteiger partial charge in [0.1, 0.15) is 0 Å². The van der Waals surface area contributed by atoms with Crippen LogP contribution in [0.2, 0.25) is 0 Å². The van der Waals surface area contributed by atoms with Crippen molar-refractivity contribution in [2.24, 2.45) is 0 Å². The number of thioether (sulfide) groups is 1. The molecule has 0 aliphatic rings. The van der Waals surface area contributed by atoms with Gasteiger partial charge in [0.25, 0.3) is 0 Å². The SMILES string of the molecule is COCCNC(=O)Cc1csc(SCC(=O)Nc2cccc3ccccc23)n1. The molecule has 0 atom stereocenters. The fourth-order valence-corrected chi connectivity index (χ4v) is 4.25. The van der Waals surface area contributed by atoms with Crippen molar-refractivity contribution in [3.8, 4) is 0 Å². The summed E-state index contributed by atoms with van der Waals surface area (Å²) in [4.78, 5) is 28.5. The minimum Gasteiger partial charge on any atom is -0.383 e. The predicted molar refractivity (Wildman–Crippen MR) is 114 cm³/mol. The average Bonchev–Trinajstić information content (AvgIpc) is 3.14. The summed E-state index contributed by atoms with van der Waals surface area (Å²) in [5, 5.41) is 9.67. The van der Waals surface area contributed by atoms with Gasteiger partial charge < -0.3 is 15.4 Å². The van der Waals surface area contributed by atoms with Gasteiger partial charge in [0.15, 0.2) is 4.34 Å². The molecule has 2 aromatic carbocycles. The number of amides is 2. The second kappa shape index (κ2) is 10.2. The van der Waals surface area contributed by atoms with Crippen molar-refractivity contribution < 1.29 is 14.3 Å². The Labute approximate surface area is 171 Å². The maximum atomic E-state index is 12.3. The van der Waals surface area contributed by atoms with Crippen molar-refractivity contribution >= 4 is 51.4 Å². The van der Waals surface area contributed by atoms with E-state index in [4.69, 9.17) is 4.74 Å². The van der Waals surface area contributed by atoms with Gasteiger partial charge in [-0.25, -0.2) is 4.98 Å². The molecule has 8 heteroatoms. The van der Waals surface area contributed by atoms with Crippen LogP contribution in [0.3, 0.4) is 0 Å². The molecule has 3 aromatic rings. The lowest BCUT2D eigenvalue weighted by molar-refractivity contribution is -0.120. The highest BCUT2D eigenvalue weighted by atomic mass is 32.2. The van der Waals surface area contributed by atoms with Crippen LogP contribution in [0, 0.1) is 0 Å². The van der Waals surface area contributed by atoms with Gasteiger partial charge in [-0.1, -0.05) is 48.2 Å². The molecule has 3 rings (SSSR count). The van der Waals surface area contributed by atoms with Crippen LogP contribution in [0.4, 0.5) is 5.69 Å². The quantitative estimate of drug-likeness (QED) is 0.414. The smallest absolute Gasteiger partial charge is 0.234 e. The summed E-state index contributed by atoms with van der Waals surface area (Å²) in [6, 6.07) is 13.8. The summed E-state index contributed by atoms with van der Waals surface area (Å²) in [5.41, 5.74) is 1.51. The fourth-order valence-electron chi connectivity index (χ4n) is 2.60. The Bertz CT molecular complexity index is 953. The third-order valence-corrected chi connectivity index (χ3v) is 5.96. The zero-order valence-corrected chi connectivity index (χ0v) is 17.1. The Kier molecular flexibility index (Phi) is 7.41. The monoisotopic (exact) mass is 415 g/mol. The minimum atomic E-state index is -0.0902. The summed E-state index contributed by atoms with van der Waals surface area (Å²) >= 11 is 2.80. The highest BCUT2D eigenvalue weighted by molar-refractivity contribution is 8.01. The van der Waals surface area contributed by atoms with Crippen LogP contribution in [0.15, 0.2) is 52.2 Å². The molecule has 1 aromatic heterocycles. The molecule has 0 saturated heterocycles. The van der Waals surface area contributed by atoms with E-state index in [1.165, 1.54) is 23.1 Å². The first-order valence-electron chi connectivity index (χ1n) is 8.76. The zero-order valence-electron chi connectivity index (χ0n) is 15.4. The van der Waals surface area contributed by atoms with Crippen LogP contribution in [-0.2, 0) is 20.7 Å². The number of thiazole rings is 1. The van der Waals surface area contributed by atoms with Crippen LogP contribution in [-0.4, -0.2) is 42.8 Å². The van der Waals surface area contributed by atoms with Gasteiger partial charge in [-0.2, -0.15) is 0 Å². The number of nitrogens with one attached hydrogen (secondary N) is 2. The zero-order chi connectivity index (χ0) is 19.8. The predicted octanol–water partition coefficient (Wildman–Crippen LogP) is 3.33. The van der Waals surface area contributed by atoms with E-state index in [9.17, 15) is 9.59 Å². The lowest BCUT2D eigenvalue weighted by atomic mass is 10.1. The number of hydrogen-bond acceptors (Lipinski definition) is 6. The van der Waals surface area contributed by atoms with Gasteiger partial charge in [0, 0.05) is 30.1 Å². The standard InChI is InChI=1S/C20H21N3O3S2/c1-26-10-9-21-18(24)11-15-12-27-20(22-15)28-13-19(25)23-17-8-4-6-14-5-2-3-7-16(14)17/h2-8,12H,9-11,13H2,1H3,(H,21,24)(H,23,25). The van der Waals surface area contributed by atoms with E-state index < -0.39 is 0 Å². The van der Waals surface area contributed by atoms with E-state index in [-0.39, 0.29) is 24.0 Å². The van der Waals surface area contributed by atoms with Gasteiger partial charge >= 0.3 is 0 Å². The van der Waals surface area contributed by atoms with Gasteiger partial charge in [-0.05, 0) is 11.5 Å². The van der Waals surface area contributed by atoms with E-state index in [1.54, 1.807) is 7.11 Å². The number of methoxy groups -OCH3 is 1. The Morgan fingerprint density at radius 2 is 1.96 bits per heavy atom. The molecule has 0 aliphatic carbocycles. The molecular weight excluding hydrogens is 394 g/mol. The second-order valence-electron chi connectivity index (χ2n) is 5.99. The first-order chi connectivity index (χ1) is 13.7. The number of hydrogen-bond donors (Lipinski definition) is 2. The number of carbonyl (C=O) groups excluding carboxylic acids is 2. The Morgan fingerprint density at radius 3 is 2.82 bits per heavy atom. The number of nitrogens with zero attached hydrogens (tertiary/aromatic N) is 1. The number of carbonyl (C=O) groups is 2. The van der Waals surface area contributed by atoms with E-state index >= 15 is 0 Å². The molecule has 146 valence electrons. The van der Waals surface area contributed by atoms with Crippen molar-refractivity contribution in [3.05, 3.63) is 53.5 Å². The number of rotatable bonds is 9. The number of anilines is 1. The Balaban J connectivity index is 1.50. The highest BCUT2D eigenvalue weighted by Gasteiger charge is 2.11. The maximum Gasteiger partial charge on any atom is 0.234 e. The lowest BCUT2D eigenvalue weighted by Crippen LogP contribution is -2.28. The van der Waals surface area contributed by atoms with Crippen LogP contribution in [0.5, 0.6) is 0 Å². The molecule has 0 aliphatic heterocycles. The van der Waals surface area contributed by atoms with Gasteiger partial charge in [0.05, 0.1) is 24.5 Å². The molecule has 2 N–H and O–H groups in total. The third-order valence-electron chi connectivity index (χ3n) is 3.89. The number of fused-ring (bicyclic) bond motifs is 1. The third kappa shape index (κ3) is 5.79. The Morgan fingerprint density at radius 1 is 1.14 bits per heavy atom. The van der Waals surface area contributed by atoms with Crippen molar-refractivity contribution in [1.29, 1.82) is 0 Å². The molecule has 1 heterocycles. The molecule has 0 fully saturated rings. The molecule has 0 bridgehead atoms. The summed E-state index contributed by atoms with van der Waals surface area (Å²) in [6.45, 7) is 0.963. The molecule has 28 heavy (non-hydrogen) atoms. The molecule has 6 nitrogen and oxygen atoms in total. The van der Waals surface area contributed by atoms with Crippen LogP contribution >= 0.6 is 23.1 Å². The summed E-state index contributed by atoms with van der Waals surface area (Å²) in [6.07, 6.45) is 0.225. The maximum absolute atomic E-state index is 12.3. The number of benzene rings is 2. The lowest BCUT2D eigenvalue weighted by Gasteiger charge is -2.08. The van der Waals surface area contributed by atoms with E-state index in [0.717, 1.165) is 20.8 Å². The second-order valence-corrected chi connectivity index (χ2v) is 8.07. The normalized spacial score (nSPS) is 10.8. The van der Waals surface area contributed by atoms with Gasteiger partial charge in [0.2, 0.25) is 11.8 Å². The van der Waals surface area contributed by atoms with Crippen molar-refractivity contribution in [2.75, 3.05) is 31.3 Å². The van der Waals surface area contributed by atoms with Crippen LogP contribution < -0.4 is 10.6 Å². The summed E-state index contributed by atoms with van der Waals surface area (Å²) < 4.78 is 5.67. The van der Waals surface area contributed by atoms with Gasteiger partial charge in [-0.3, -0.25) is 9.59 Å². The van der Waals surface area contributed by atoms with Crippen molar-refractivity contribution in [1.82, 2.24) is 10.3 Å². The molecular formula is C20H21N3O3S2. The van der Waals surface area contributed by atoms with Crippen LogP contribution in [0.1, 0.15) is 5.69 Å². The first-order valence-corrected chi connectivity index (χ1v) is 10.6. The van der Waals surface area contributed by atoms with Gasteiger partial charge in [-0.15, -0.1) is 11.3 Å². The van der Waals surface area contributed by atoms with Crippen LogP contribution in [0.25, 0.3) is 10.8 Å². The molecule has 2 amide bonds. The molecule has 0 spiro atoms. The Hall–Kier alpha value is -2.42. The highest BCUT2D eigenvalue weighted by Crippen LogP contribution is 2.25. The van der Waals surface area contributed by atoms with E-state index in [0.29, 0.717) is 18.8 Å². The summed E-state index contributed by atoms with van der Waals surface area (Å²) in [5.74, 6) is 0.0824. The molecule has 0 unspecified atom stereocenters. The fraction of sp³-hybridized carbons (Fsp3) is 0.250.